The van der Waals surface area contributed by atoms with Crippen molar-refractivity contribution in [2.45, 2.75) is 20.4 Å². The molecule has 0 bridgehead atoms. The molecule has 7 nitrogen and oxygen atoms in total. The highest BCUT2D eigenvalue weighted by Crippen LogP contribution is 2.14. The molecule has 0 aliphatic rings. The third-order valence-corrected chi connectivity index (χ3v) is 4.04. The molecule has 0 saturated carbocycles. The van der Waals surface area contributed by atoms with E-state index in [1.54, 1.807) is 6.21 Å². The summed E-state index contributed by atoms with van der Waals surface area (Å²) in [5, 5.41) is 12.5. The molecule has 0 spiro atoms. The summed E-state index contributed by atoms with van der Waals surface area (Å²) in [6.07, 6.45) is 1.62. The Morgan fingerprint density at radius 2 is 1.69 bits per heavy atom. The molecular weight excluding hydrogens is 328 g/mol. The molecule has 1 N–H and O–H groups in total. The third kappa shape index (κ3) is 4.24. The molecule has 1 aromatic heterocycles. The summed E-state index contributed by atoms with van der Waals surface area (Å²) in [5.41, 5.74) is 6.12. The second-order valence-electron chi connectivity index (χ2n) is 5.78. The van der Waals surface area contributed by atoms with Crippen LogP contribution in [0, 0.1) is 0 Å². The minimum Gasteiger partial charge on any atom is -0.372 e. The Bertz CT molecular complexity index is 863. The van der Waals surface area contributed by atoms with Gasteiger partial charge in [-0.15, -0.1) is 0 Å². The zero-order chi connectivity index (χ0) is 18.4. The number of amides is 1. The number of nitrogens with zero attached hydrogens (tertiary/aromatic N) is 5. The fourth-order valence-corrected chi connectivity index (χ4v) is 2.68. The number of carbonyl (C=O) groups excluding carboxylic acids is 1. The lowest BCUT2D eigenvalue weighted by Crippen LogP contribution is -2.24. The molecule has 0 radical (unpaired) electrons. The molecular formula is C19H22N6O. The van der Waals surface area contributed by atoms with E-state index in [0.717, 1.165) is 29.7 Å². The molecule has 0 saturated heterocycles. The Kier molecular flexibility index (Phi) is 5.58. The van der Waals surface area contributed by atoms with E-state index >= 15 is 0 Å². The predicted octanol–water partition coefficient (Wildman–Crippen LogP) is 2.43. The van der Waals surface area contributed by atoms with E-state index in [1.807, 2.05) is 36.4 Å². The topological polar surface area (TPSA) is 75.4 Å². The molecule has 26 heavy (non-hydrogen) atoms. The first-order valence-corrected chi connectivity index (χ1v) is 8.66. The molecule has 0 fully saturated rings. The molecule has 0 atom stereocenters. The van der Waals surface area contributed by atoms with Crippen molar-refractivity contribution >= 4 is 28.8 Å². The van der Waals surface area contributed by atoms with Crippen LogP contribution in [0.3, 0.4) is 0 Å². The lowest BCUT2D eigenvalue weighted by molar-refractivity contribution is -0.122. The summed E-state index contributed by atoms with van der Waals surface area (Å²) in [5.74, 6) is -0.277. The van der Waals surface area contributed by atoms with E-state index in [0.29, 0.717) is 0 Å². The first kappa shape index (κ1) is 17.6. The number of rotatable bonds is 7. The van der Waals surface area contributed by atoms with Gasteiger partial charge in [0.25, 0.3) is 5.91 Å². The molecule has 7 heteroatoms. The Morgan fingerprint density at radius 1 is 1.08 bits per heavy atom. The Hall–Kier alpha value is -3.22. The Morgan fingerprint density at radius 3 is 2.27 bits per heavy atom. The quantitative estimate of drug-likeness (QED) is 0.524. The first-order valence-electron chi connectivity index (χ1n) is 8.66. The van der Waals surface area contributed by atoms with Gasteiger partial charge in [-0.2, -0.15) is 20.1 Å². The van der Waals surface area contributed by atoms with Crippen LogP contribution in [0.15, 0.2) is 53.6 Å². The lowest BCUT2D eigenvalue weighted by atomic mass is 10.2. The summed E-state index contributed by atoms with van der Waals surface area (Å²) in [6, 6.07) is 15.5. The van der Waals surface area contributed by atoms with Crippen LogP contribution < -0.4 is 10.3 Å². The van der Waals surface area contributed by atoms with Crippen molar-refractivity contribution in [1.29, 1.82) is 0 Å². The summed E-state index contributed by atoms with van der Waals surface area (Å²) >= 11 is 0. The van der Waals surface area contributed by atoms with Gasteiger partial charge in [0.2, 0.25) is 0 Å². The van der Waals surface area contributed by atoms with Gasteiger partial charge in [0.1, 0.15) is 17.6 Å². The summed E-state index contributed by atoms with van der Waals surface area (Å²) in [6.45, 7) is 6.22. The van der Waals surface area contributed by atoms with Gasteiger partial charge in [-0.3, -0.25) is 4.79 Å². The molecule has 1 amide bonds. The second-order valence-corrected chi connectivity index (χ2v) is 5.78. The van der Waals surface area contributed by atoms with Crippen molar-refractivity contribution < 1.29 is 4.79 Å². The highest BCUT2D eigenvalue weighted by molar-refractivity contribution is 5.83. The van der Waals surface area contributed by atoms with Crippen LogP contribution in [0.1, 0.15) is 19.4 Å². The maximum atomic E-state index is 12.0. The van der Waals surface area contributed by atoms with E-state index in [1.165, 1.54) is 10.5 Å². The van der Waals surface area contributed by atoms with Gasteiger partial charge in [0.05, 0.1) is 6.21 Å². The molecule has 134 valence electrons. The smallest absolute Gasteiger partial charge is 0.263 e. The number of aromatic nitrogens is 3. The van der Waals surface area contributed by atoms with Gasteiger partial charge in [-0.05, 0) is 43.7 Å². The second kappa shape index (κ2) is 8.24. The zero-order valence-corrected chi connectivity index (χ0v) is 15.0. The average molecular weight is 350 g/mol. The number of hydrogen-bond acceptors (Lipinski definition) is 5. The SMILES string of the molecule is CCN(CC)c1ccc(/C=N\NC(=O)Cn2nc3ccccc3n2)cc1. The molecule has 3 rings (SSSR count). The summed E-state index contributed by atoms with van der Waals surface area (Å²) in [4.78, 5) is 15.6. The minimum absolute atomic E-state index is 0.0208. The largest absolute Gasteiger partial charge is 0.372 e. The number of carbonyl (C=O) groups is 1. The zero-order valence-electron chi connectivity index (χ0n) is 15.0. The van der Waals surface area contributed by atoms with E-state index in [9.17, 15) is 4.79 Å². The Balaban J connectivity index is 1.55. The van der Waals surface area contributed by atoms with Gasteiger partial charge in [0.15, 0.2) is 0 Å². The van der Waals surface area contributed by atoms with Gasteiger partial charge >= 0.3 is 0 Å². The maximum Gasteiger partial charge on any atom is 0.263 e. The number of hydrogen-bond donors (Lipinski definition) is 1. The fourth-order valence-electron chi connectivity index (χ4n) is 2.68. The highest BCUT2D eigenvalue weighted by Gasteiger charge is 2.06. The van der Waals surface area contributed by atoms with Gasteiger partial charge < -0.3 is 4.90 Å². The van der Waals surface area contributed by atoms with Crippen molar-refractivity contribution in [3.63, 3.8) is 0 Å². The number of anilines is 1. The predicted molar refractivity (Wildman–Crippen MR) is 103 cm³/mol. The monoisotopic (exact) mass is 350 g/mol. The van der Waals surface area contributed by atoms with Gasteiger partial charge in [0, 0.05) is 18.8 Å². The number of nitrogens with one attached hydrogen (secondary N) is 1. The lowest BCUT2D eigenvalue weighted by Gasteiger charge is -2.20. The normalized spacial score (nSPS) is 11.2. The van der Waals surface area contributed by atoms with E-state index in [2.05, 4.69) is 51.6 Å². The molecule has 2 aromatic carbocycles. The van der Waals surface area contributed by atoms with Crippen LogP contribution in [0.4, 0.5) is 5.69 Å². The van der Waals surface area contributed by atoms with Crippen LogP contribution in [0.5, 0.6) is 0 Å². The van der Waals surface area contributed by atoms with E-state index < -0.39 is 0 Å². The van der Waals surface area contributed by atoms with Crippen LogP contribution in [0.25, 0.3) is 11.0 Å². The highest BCUT2D eigenvalue weighted by atomic mass is 16.2. The van der Waals surface area contributed by atoms with Gasteiger partial charge in [-0.1, -0.05) is 24.3 Å². The van der Waals surface area contributed by atoms with Crippen LogP contribution in [-0.2, 0) is 11.3 Å². The summed E-state index contributed by atoms with van der Waals surface area (Å²) in [7, 11) is 0. The minimum atomic E-state index is -0.277. The maximum absolute atomic E-state index is 12.0. The fraction of sp³-hybridized carbons (Fsp3) is 0.263. The number of hydrazone groups is 1. The van der Waals surface area contributed by atoms with Crippen LogP contribution >= 0.6 is 0 Å². The molecule has 0 aliphatic carbocycles. The van der Waals surface area contributed by atoms with Crippen LogP contribution in [0.2, 0.25) is 0 Å². The van der Waals surface area contributed by atoms with Gasteiger partial charge in [-0.25, -0.2) is 5.43 Å². The number of fused-ring (bicyclic) bond motifs is 1. The molecule has 3 aromatic rings. The molecule has 0 unspecified atom stereocenters. The van der Waals surface area contributed by atoms with Crippen molar-refractivity contribution in [2.24, 2.45) is 5.10 Å². The van der Waals surface area contributed by atoms with E-state index in [-0.39, 0.29) is 12.5 Å². The third-order valence-electron chi connectivity index (χ3n) is 4.04. The Labute approximate surface area is 152 Å². The first-order chi connectivity index (χ1) is 12.7. The standard InChI is InChI=1S/C19H22N6O/c1-3-24(4-2)16-11-9-15(10-12-16)13-20-21-19(26)14-25-22-17-7-5-6-8-18(17)23-25/h5-13H,3-4,14H2,1-2H3,(H,21,26)/b20-13-. The average Bonchev–Trinajstić information content (AvgIpc) is 3.06. The number of benzene rings is 2. The van der Waals surface area contributed by atoms with Crippen LogP contribution in [-0.4, -0.2) is 40.2 Å². The van der Waals surface area contributed by atoms with E-state index in [4.69, 9.17) is 0 Å². The van der Waals surface area contributed by atoms with Crippen molar-refractivity contribution in [1.82, 2.24) is 20.4 Å². The van der Waals surface area contributed by atoms with Crippen molar-refractivity contribution in [3.8, 4) is 0 Å². The van der Waals surface area contributed by atoms with Crippen molar-refractivity contribution in [2.75, 3.05) is 18.0 Å². The van der Waals surface area contributed by atoms with Crippen molar-refractivity contribution in [3.05, 3.63) is 54.1 Å². The molecule has 0 aliphatic heterocycles. The summed E-state index contributed by atoms with van der Waals surface area (Å²) < 4.78 is 0. The molecule has 1 heterocycles.